The molecule has 0 amide bonds. The van der Waals surface area contributed by atoms with Gasteiger partial charge in [0.15, 0.2) is 17.6 Å². The molecule has 3 rings (SSSR count). The van der Waals surface area contributed by atoms with Crippen molar-refractivity contribution in [2.24, 2.45) is 10.9 Å². The van der Waals surface area contributed by atoms with Crippen molar-refractivity contribution in [1.29, 1.82) is 0 Å². The number of benzene rings is 1. The highest BCUT2D eigenvalue weighted by Gasteiger charge is 2.23. The van der Waals surface area contributed by atoms with E-state index in [4.69, 9.17) is 9.47 Å². The fourth-order valence-corrected chi connectivity index (χ4v) is 3.55. The van der Waals surface area contributed by atoms with Crippen molar-refractivity contribution in [3.63, 3.8) is 0 Å². The molecule has 0 radical (unpaired) electrons. The number of halogens is 3. The van der Waals surface area contributed by atoms with Crippen LogP contribution in [0.1, 0.15) is 19.3 Å². The fraction of sp³-hybridized carbons (Fsp3) is 0.650. The number of hydrogen-bond donors (Lipinski definition) is 2. The summed E-state index contributed by atoms with van der Waals surface area (Å²) in [5.74, 6) is -0.404. The minimum atomic E-state index is -0.807. The molecule has 0 aliphatic carbocycles. The van der Waals surface area contributed by atoms with Gasteiger partial charge in [-0.15, -0.1) is 24.0 Å². The summed E-state index contributed by atoms with van der Waals surface area (Å²) in [7, 11) is 1.75. The van der Waals surface area contributed by atoms with Crippen LogP contribution in [0.4, 0.5) is 14.5 Å². The fourth-order valence-electron chi connectivity index (χ4n) is 3.55. The van der Waals surface area contributed by atoms with E-state index in [1.54, 1.807) is 13.1 Å². The maximum Gasteiger partial charge on any atom is 0.190 e. The molecule has 2 unspecified atom stereocenters. The van der Waals surface area contributed by atoms with E-state index in [1.807, 2.05) is 0 Å². The first kappa shape index (κ1) is 24.1. The number of ether oxygens (including phenoxy) is 2. The van der Waals surface area contributed by atoms with Gasteiger partial charge in [0.25, 0.3) is 0 Å². The smallest absolute Gasteiger partial charge is 0.190 e. The Morgan fingerprint density at radius 2 is 2.14 bits per heavy atom. The molecule has 0 saturated carbocycles. The number of aliphatic imine (C=N–C) groups is 1. The number of hydrogen-bond acceptors (Lipinski definition) is 4. The second-order valence-corrected chi connectivity index (χ2v) is 7.29. The maximum absolute atomic E-state index is 13.4. The van der Waals surface area contributed by atoms with Crippen LogP contribution >= 0.6 is 24.0 Å². The quantitative estimate of drug-likeness (QED) is 0.237. The molecule has 2 heterocycles. The molecule has 2 atom stereocenters. The third-order valence-electron chi connectivity index (χ3n) is 5.19. The second kappa shape index (κ2) is 12.5. The molecule has 0 aromatic heterocycles. The Labute approximate surface area is 188 Å². The van der Waals surface area contributed by atoms with Crippen LogP contribution in [-0.4, -0.2) is 65.1 Å². The van der Waals surface area contributed by atoms with Crippen LogP contribution in [0.25, 0.3) is 0 Å². The highest BCUT2D eigenvalue weighted by molar-refractivity contribution is 14.0. The first-order valence-corrected chi connectivity index (χ1v) is 9.99. The Bertz CT molecular complexity index is 659. The molecule has 2 fully saturated rings. The van der Waals surface area contributed by atoms with E-state index in [-0.39, 0.29) is 30.1 Å². The van der Waals surface area contributed by atoms with Gasteiger partial charge in [-0.3, -0.25) is 4.99 Å². The van der Waals surface area contributed by atoms with E-state index in [2.05, 4.69) is 20.5 Å². The number of nitrogens with one attached hydrogen (secondary N) is 2. The molecule has 1 aromatic carbocycles. The Hall–Kier alpha value is -1.20. The van der Waals surface area contributed by atoms with Gasteiger partial charge in [0, 0.05) is 58.2 Å². The molecule has 0 bridgehead atoms. The zero-order chi connectivity index (χ0) is 19.8. The lowest BCUT2D eigenvalue weighted by Crippen LogP contribution is -2.40. The molecule has 29 heavy (non-hydrogen) atoms. The molecule has 6 nitrogen and oxygen atoms in total. The Balaban J connectivity index is 0.00000300. The standard InChI is InChI=1S/C20H30F2N4O2.HI/c1-23-20(24-7-2-9-28-17-6-10-27-14-17)25-12-15-5-8-26(13-15)16-3-4-18(21)19(22)11-16;/h3-4,11,15,17H,2,5-10,12-14H2,1H3,(H2,23,24,25);1H. The van der Waals surface area contributed by atoms with Gasteiger partial charge >= 0.3 is 0 Å². The molecule has 2 aliphatic rings. The molecule has 2 aliphatic heterocycles. The molecule has 164 valence electrons. The minimum absolute atomic E-state index is 0. The van der Waals surface area contributed by atoms with Crippen LogP contribution in [-0.2, 0) is 9.47 Å². The van der Waals surface area contributed by atoms with Crippen LogP contribution < -0.4 is 15.5 Å². The minimum Gasteiger partial charge on any atom is -0.379 e. The summed E-state index contributed by atoms with van der Waals surface area (Å²) in [4.78, 5) is 6.34. The maximum atomic E-state index is 13.4. The molecular formula is C20H31F2IN4O2. The summed E-state index contributed by atoms with van der Waals surface area (Å²) in [6.07, 6.45) is 3.14. The predicted molar refractivity (Wildman–Crippen MR) is 121 cm³/mol. The number of nitrogens with zero attached hydrogens (tertiary/aromatic N) is 2. The number of guanidine groups is 1. The van der Waals surface area contributed by atoms with Gasteiger partial charge < -0.3 is 25.0 Å². The second-order valence-electron chi connectivity index (χ2n) is 7.29. The predicted octanol–water partition coefficient (Wildman–Crippen LogP) is 2.77. The van der Waals surface area contributed by atoms with E-state index in [0.717, 1.165) is 63.7 Å². The average molecular weight is 524 g/mol. The topological polar surface area (TPSA) is 58.1 Å². The third-order valence-corrected chi connectivity index (χ3v) is 5.19. The average Bonchev–Trinajstić information content (AvgIpc) is 3.38. The van der Waals surface area contributed by atoms with E-state index < -0.39 is 11.6 Å². The molecule has 1 aromatic rings. The summed E-state index contributed by atoms with van der Waals surface area (Å²) in [6, 6.07) is 4.09. The van der Waals surface area contributed by atoms with Gasteiger partial charge in [0.05, 0.1) is 12.7 Å². The van der Waals surface area contributed by atoms with Crippen molar-refractivity contribution in [2.45, 2.75) is 25.4 Å². The Morgan fingerprint density at radius 3 is 2.86 bits per heavy atom. The molecule has 2 saturated heterocycles. The van der Waals surface area contributed by atoms with Crippen LogP contribution in [0.3, 0.4) is 0 Å². The molecule has 2 N–H and O–H groups in total. The van der Waals surface area contributed by atoms with Gasteiger partial charge in [-0.25, -0.2) is 8.78 Å². The van der Waals surface area contributed by atoms with Crippen molar-refractivity contribution in [3.05, 3.63) is 29.8 Å². The van der Waals surface area contributed by atoms with Crippen molar-refractivity contribution in [1.82, 2.24) is 10.6 Å². The van der Waals surface area contributed by atoms with Crippen LogP contribution in [0, 0.1) is 17.6 Å². The Morgan fingerprint density at radius 1 is 1.28 bits per heavy atom. The molecular weight excluding hydrogens is 493 g/mol. The first-order chi connectivity index (χ1) is 13.7. The van der Waals surface area contributed by atoms with E-state index in [9.17, 15) is 8.78 Å². The van der Waals surface area contributed by atoms with Gasteiger partial charge in [-0.2, -0.15) is 0 Å². The van der Waals surface area contributed by atoms with Crippen molar-refractivity contribution < 1.29 is 18.3 Å². The van der Waals surface area contributed by atoms with E-state index in [0.29, 0.717) is 19.1 Å². The molecule has 9 heteroatoms. The lowest BCUT2D eigenvalue weighted by molar-refractivity contribution is 0.0420. The summed E-state index contributed by atoms with van der Waals surface area (Å²) >= 11 is 0. The zero-order valence-corrected chi connectivity index (χ0v) is 19.2. The van der Waals surface area contributed by atoms with Gasteiger partial charge in [-0.05, 0) is 37.3 Å². The zero-order valence-electron chi connectivity index (χ0n) is 16.8. The van der Waals surface area contributed by atoms with E-state index >= 15 is 0 Å². The number of anilines is 1. The lowest BCUT2D eigenvalue weighted by atomic mass is 10.1. The summed E-state index contributed by atoms with van der Waals surface area (Å²) < 4.78 is 37.6. The van der Waals surface area contributed by atoms with Crippen molar-refractivity contribution in [2.75, 3.05) is 57.9 Å². The highest BCUT2D eigenvalue weighted by Crippen LogP contribution is 2.24. The van der Waals surface area contributed by atoms with Crippen molar-refractivity contribution >= 4 is 35.6 Å². The van der Waals surface area contributed by atoms with Gasteiger partial charge in [-0.1, -0.05) is 0 Å². The molecule has 0 spiro atoms. The largest absolute Gasteiger partial charge is 0.379 e. The SMILES string of the molecule is CN=C(NCCCOC1CCOC1)NCC1CCN(c2ccc(F)c(F)c2)C1.I. The van der Waals surface area contributed by atoms with Gasteiger partial charge in [0.2, 0.25) is 0 Å². The summed E-state index contributed by atoms with van der Waals surface area (Å²) in [5.41, 5.74) is 0.733. The summed E-state index contributed by atoms with van der Waals surface area (Å²) in [6.45, 7) is 5.45. The Kier molecular flexibility index (Phi) is 10.4. The van der Waals surface area contributed by atoms with Crippen LogP contribution in [0.2, 0.25) is 0 Å². The van der Waals surface area contributed by atoms with Gasteiger partial charge in [0.1, 0.15) is 0 Å². The monoisotopic (exact) mass is 524 g/mol. The first-order valence-electron chi connectivity index (χ1n) is 9.99. The number of rotatable bonds is 8. The normalized spacial score (nSPS) is 21.9. The van der Waals surface area contributed by atoms with E-state index in [1.165, 1.54) is 12.1 Å². The van der Waals surface area contributed by atoms with Crippen molar-refractivity contribution in [3.8, 4) is 0 Å². The highest BCUT2D eigenvalue weighted by atomic mass is 127. The third kappa shape index (κ3) is 7.53. The van der Waals surface area contributed by atoms with Crippen LogP contribution in [0.15, 0.2) is 23.2 Å². The summed E-state index contributed by atoms with van der Waals surface area (Å²) in [5, 5.41) is 6.65. The van der Waals surface area contributed by atoms with Crippen LogP contribution in [0.5, 0.6) is 0 Å². The lowest BCUT2D eigenvalue weighted by Gasteiger charge is -2.19.